The lowest BCUT2D eigenvalue weighted by Crippen LogP contribution is -2.18. The van der Waals surface area contributed by atoms with E-state index >= 15 is 0 Å². The van der Waals surface area contributed by atoms with Crippen molar-refractivity contribution in [2.24, 2.45) is 18.7 Å². The Balaban J connectivity index is 2.65. The summed E-state index contributed by atoms with van der Waals surface area (Å²) in [4.78, 5) is 0. The van der Waals surface area contributed by atoms with Crippen molar-refractivity contribution in [1.29, 1.82) is 0 Å². The second-order valence-corrected chi connectivity index (χ2v) is 4.20. The summed E-state index contributed by atoms with van der Waals surface area (Å²) in [6.45, 7) is 5.13. The molecule has 0 aliphatic heterocycles. The van der Waals surface area contributed by atoms with E-state index in [1.807, 2.05) is 11.7 Å². The molecule has 15 heavy (non-hydrogen) atoms. The van der Waals surface area contributed by atoms with Gasteiger partial charge < -0.3 is 5.73 Å². The van der Waals surface area contributed by atoms with E-state index in [1.54, 1.807) is 0 Å². The van der Waals surface area contributed by atoms with E-state index in [-0.39, 0.29) is 0 Å². The zero-order valence-corrected chi connectivity index (χ0v) is 10.2. The average Bonchev–Trinajstić information content (AvgIpc) is 2.59. The molecule has 0 aliphatic carbocycles. The van der Waals surface area contributed by atoms with E-state index in [0.717, 1.165) is 19.4 Å². The Bertz CT molecular complexity index is 291. The van der Waals surface area contributed by atoms with Gasteiger partial charge >= 0.3 is 0 Å². The molecule has 2 N–H and O–H groups in total. The zero-order valence-electron chi connectivity index (χ0n) is 10.2. The van der Waals surface area contributed by atoms with Crippen molar-refractivity contribution in [3.05, 3.63) is 17.5 Å². The smallest absolute Gasteiger partial charge is 0.0624 e. The molecule has 0 amide bonds. The maximum atomic E-state index is 5.77. The van der Waals surface area contributed by atoms with Crippen LogP contribution in [0, 0.1) is 5.92 Å². The number of aromatic nitrogens is 2. The Morgan fingerprint density at radius 1 is 1.47 bits per heavy atom. The molecule has 0 saturated heterocycles. The van der Waals surface area contributed by atoms with Crippen LogP contribution in [0.3, 0.4) is 0 Å². The van der Waals surface area contributed by atoms with Gasteiger partial charge in [0, 0.05) is 12.7 Å². The van der Waals surface area contributed by atoms with Gasteiger partial charge in [0.25, 0.3) is 0 Å². The van der Waals surface area contributed by atoms with Crippen molar-refractivity contribution < 1.29 is 0 Å². The minimum atomic E-state index is 0.607. The molecule has 0 bridgehead atoms. The summed E-state index contributed by atoms with van der Waals surface area (Å²) < 4.78 is 2.00. The van der Waals surface area contributed by atoms with Crippen molar-refractivity contribution >= 4 is 0 Å². The summed E-state index contributed by atoms with van der Waals surface area (Å²) in [7, 11) is 2.02. The molecule has 1 rings (SSSR count). The summed E-state index contributed by atoms with van der Waals surface area (Å²) in [5, 5.41) is 4.45. The van der Waals surface area contributed by atoms with Crippen molar-refractivity contribution in [2.75, 3.05) is 6.54 Å². The highest BCUT2D eigenvalue weighted by Gasteiger charge is 2.10. The predicted octanol–water partition coefficient (Wildman–Crippen LogP) is 1.90. The standard InChI is InChI=1S/C12H23N3/c1-4-6-10(9-13)7-12-8-11(5-2)14-15(12)3/h8,10H,4-7,9,13H2,1-3H3. The molecule has 0 aromatic carbocycles. The zero-order chi connectivity index (χ0) is 11.3. The van der Waals surface area contributed by atoms with Crippen molar-refractivity contribution in [3.63, 3.8) is 0 Å². The van der Waals surface area contributed by atoms with Gasteiger partial charge in [0.1, 0.15) is 0 Å². The molecular formula is C12H23N3. The molecule has 3 heteroatoms. The van der Waals surface area contributed by atoms with Gasteiger partial charge in [-0.3, -0.25) is 4.68 Å². The van der Waals surface area contributed by atoms with E-state index in [9.17, 15) is 0 Å². The first kappa shape index (κ1) is 12.2. The monoisotopic (exact) mass is 209 g/mol. The van der Waals surface area contributed by atoms with E-state index in [1.165, 1.54) is 24.2 Å². The maximum absolute atomic E-state index is 5.77. The molecule has 1 atom stereocenters. The topological polar surface area (TPSA) is 43.8 Å². The summed E-state index contributed by atoms with van der Waals surface area (Å²) in [6.07, 6.45) is 4.49. The second kappa shape index (κ2) is 5.91. The van der Waals surface area contributed by atoms with Crippen molar-refractivity contribution in [3.8, 4) is 0 Å². The van der Waals surface area contributed by atoms with Gasteiger partial charge in [-0.1, -0.05) is 20.3 Å². The third-order valence-corrected chi connectivity index (χ3v) is 2.92. The molecule has 0 aliphatic rings. The first-order valence-corrected chi connectivity index (χ1v) is 5.93. The van der Waals surface area contributed by atoms with Crippen LogP contribution in [0.4, 0.5) is 0 Å². The SMILES string of the molecule is CCCC(CN)Cc1cc(CC)nn1C. The quantitative estimate of drug-likeness (QED) is 0.777. The first-order chi connectivity index (χ1) is 7.21. The minimum Gasteiger partial charge on any atom is -0.330 e. The van der Waals surface area contributed by atoms with Crippen LogP contribution in [0.25, 0.3) is 0 Å². The fourth-order valence-electron chi connectivity index (χ4n) is 1.94. The number of nitrogens with two attached hydrogens (primary N) is 1. The van der Waals surface area contributed by atoms with E-state index in [4.69, 9.17) is 5.73 Å². The highest BCUT2D eigenvalue weighted by Crippen LogP contribution is 2.14. The number of aryl methyl sites for hydroxylation is 2. The third-order valence-electron chi connectivity index (χ3n) is 2.92. The molecule has 86 valence electrons. The van der Waals surface area contributed by atoms with Crippen LogP contribution in [0.15, 0.2) is 6.07 Å². The number of rotatable bonds is 6. The Labute approximate surface area is 92.7 Å². The molecule has 1 heterocycles. The maximum Gasteiger partial charge on any atom is 0.0624 e. The van der Waals surface area contributed by atoms with Crippen LogP contribution in [0.5, 0.6) is 0 Å². The van der Waals surface area contributed by atoms with Crippen LogP contribution in [-0.4, -0.2) is 16.3 Å². The number of nitrogens with zero attached hydrogens (tertiary/aromatic N) is 2. The third kappa shape index (κ3) is 3.34. The lowest BCUT2D eigenvalue weighted by atomic mass is 9.98. The fourth-order valence-corrected chi connectivity index (χ4v) is 1.94. The van der Waals surface area contributed by atoms with Crippen LogP contribution >= 0.6 is 0 Å². The van der Waals surface area contributed by atoms with E-state index in [0.29, 0.717) is 5.92 Å². The molecular weight excluding hydrogens is 186 g/mol. The molecule has 1 unspecified atom stereocenters. The minimum absolute atomic E-state index is 0.607. The van der Waals surface area contributed by atoms with Gasteiger partial charge in [-0.2, -0.15) is 5.10 Å². The van der Waals surface area contributed by atoms with Crippen LogP contribution in [0.2, 0.25) is 0 Å². The fraction of sp³-hybridized carbons (Fsp3) is 0.750. The largest absolute Gasteiger partial charge is 0.330 e. The molecule has 0 radical (unpaired) electrons. The van der Waals surface area contributed by atoms with Gasteiger partial charge in [-0.15, -0.1) is 0 Å². The van der Waals surface area contributed by atoms with Crippen LogP contribution < -0.4 is 5.73 Å². The Morgan fingerprint density at radius 3 is 2.67 bits per heavy atom. The molecule has 1 aromatic heterocycles. The Hall–Kier alpha value is -0.830. The van der Waals surface area contributed by atoms with Crippen molar-refractivity contribution in [1.82, 2.24) is 9.78 Å². The van der Waals surface area contributed by atoms with Gasteiger partial charge in [0.15, 0.2) is 0 Å². The van der Waals surface area contributed by atoms with E-state index in [2.05, 4.69) is 25.0 Å². The lowest BCUT2D eigenvalue weighted by molar-refractivity contribution is 0.472. The van der Waals surface area contributed by atoms with Gasteiger partial charge in [-0.25, -0.2) is 0 Å². The molecule has 0 fully saturated rings. The van der Waals surface area contributed by atoms with Crippen LogP contribution in [0.1, 0.15) is 38.1 Å². The summed E-state index contributed by atoms with van der Waals surface area (Å²) in [5.41, 5.74) is 8.26. The first-order valence-electron chi connectivity index (χ1n) is 5.93. The normalized spacial score (nSPS) is 13.1. The van der Waals surface area contributed by atoms with E-state index < -0.39 is 0 Å². The van der Waals surface area contributed by atoms with Crippen LogP contribution in [-0.2, 0) is 19.9 Å². The molecule has 0 spiro atoms. The highest BCUT2D eigenvalue weighted by atomic mass is 15.3. The Morgan fingerprint density at radius 2 is 2.20 bits per heavy atom. The Kier molecular flexibility index (Phi) is 4.82. The molecule has 3 nitrogen and oxygen atoms in total. The van der Waals surface area contributed by atoms with Crippen molar-refractivity contribution in [2.45, 2.75) is 39.5 Å². The van der Waals surface area contributed by atoms with Gasteiger partial charge in [0.2, 0.25) is 0 Å². The van der Waals surface area contributed by atoms with Gasteiger partial charge in [-0.05, 0) is 37.8 Å². The molecule has 0 saturated carbocycles. The summed E-state index contributed by atoms with van der Waals surface area (Å²) >= 11 is 0. The van der Waals surface area contributed by atoms with Gasteiger partial charge in [0.05, 0.1) is 5.69 Å². The average molecular weight is 209 g/mol. The predicted molar refractivity (Wildman–Crippen MR) is 63.7 cm³/mol. The molecule has 1 aromatic rings. The number of hydrogen-bond donors (Lipinski definition) is 1. The summed E-state index contributed by atoms with van der Waals surface area (Å²) in [5.74, 6) is 0.607. The highest BCUT2D eigenvalue weighted by molar-refractivity contribution is 5.10. The summed E-state index contributed by atoms with van der Waals surface area (Å²) in [6, 6.07) is 2.21. The number of hydrogen-bond acceptors (Lipinski definition) is 2. The second-order valence-electron chi connectivity index (χ2n) is 4.20. The lowest BCUT2D eigenvalue weighted by Gasteiger charge is -2.13.